The lowest BCUT2D eigenvalue weighted by atomic mass is 10.0. The first-order chi connectivity index (χ1) is 12.1. The predicted molar refractivity (Wildman–Crippen MR) is 98.5 cm³/mol. The molecule has 0 fully saturated rings. The Bertz CT molecular complexity index is 905. The fraction of sp³-hybridized carbons (Fsp3) is 0.200. The van der Waals surface area contributed by atoms with Crippen molar-refractivity contribution < 1.29 is 14.6 Å². The quantitative estimate of drug-likeness (QED) is 0.533. The average molecular weight is 336 g/mol. The molecule has 0 unspecified atom stereocenters. The topological polar surface area (TPSA) is 71.5 Å². The number of para-hydroxylation sites is 1. The van der Waals surface area contributed by atoms with E-state index < -0.39 is 5.97 Å². The molecular weight excluding hydrogens is 316 g/mol. The van der Waals surface area contributed by atoms with Gasteiger partial charge in [-0.1, -0.05) is 25.1 Å². The molecule has 0 amide bonds. The van der Waals surface area contributed by atoms with Gasteiger partial charge in [0, 0.05) is 17.3 Å². The zero-order chi connectivity index (χ0) is 17.8. The van der Waals surface area contributed by atoms with E-state index in [0.717, 1.165) is 28.6 Å². The minimum absolute atomic E-state index is 0.184. The lowest BCUT2D eigenvalue weighted by Crippen LogP contribution is -2.09. The molecular formula is C20H20N2O3. The van der Waals surface area contributed by atoms with Crippen LogP contribution in [0, 0.1) is 0 Å². The summed E-state index contributed by atoms with van der Waals surface area (Å²) < 4.78 is 5.17. The summed E-state index contributed by atoms with van der Waals surface area (Å²) in [7, 11) is 0. The summed E-state index contributed by atoms with van der Waals surface area (Å²) in [6.45, 7) is 4.14. The number of phenolic OH excluding ortho intramolecular Hbond substituents is 1. The molecule has 128 valence electrons. The van der Waals surface area contributed by atoms with Gasteiger partial charge in [0.2, 0.25) is 0 Å². The second-order valence-corrected chi connectivity index (χ2v) is 5.61. The summed E-state index contributed by atoms with van der Waals surface area (Å²) in [5, 5.41) is 13.6. The van der Waals surface area contributed by atoms with Crippen LogP contribution in [0.3, 0.4) is 0 Å². The maximum atomic E-state index is 12.4. The van der Waals surface area contributed by atoms with Crippen LogP contribution >= 0.6 is 0 Å². The fourth-order valence-corrected chi connectivity index (χ4v) is 2.76. The van der Waals surface area contributed by atoms with Crippen molar-refractivity contribution in [2.75, 3.05) is 11.9 Å². The number of fused-ring (bicyclic) bond motifs is 1. The minimum atomic E-state index is -0.417. The summed E-state index contributed by atoms with van der Waals surface area (Å²) in [6.07, 6.45) is 2.41. The molecule has 1 heterocycles. The summed E-state index contributed by atoms with van der Waals surface area (Å²) in [6, 6.07) is 12.6. The van der Waals surface area contributed by atoms with Crippen molar-refractivity contribution in [2.45, 2.75) is 20.3 Å². The number of nitrogens with zero attached hydrogens (tertiary/aromatic N) is 1. The van der Waals surface area contributed by atoms with Crippen LogP contribution in [0.15, 0.2) is 48.7 Å². The number of rotatable bonds is 5. The van der Waals surface area contributed by atoms with Gasteiger partial charge in [-0.2, -0.15) is 0 Å². The lowest BCUT2D eigenvalue weighted by Gasteiger charge is -2.15. The first kappa shape index (κ1) is 16.8. The number of hydrogen-bond donors (Lipinski definition) is 2. The molecule has 25 heavy (non-hydrogen) atoms. The third-order valence-electron chi connectivity index (χ3n) is 3.99. The molecule has 0 bridgehead atoms. The number of pyridine rings is 1. The van der Waals surface area contributed by atoms with Crippen molar-refractivity contribution >= 4 is 28.2 Å². The standard InChI is InChI=1S/C20H20N2O3/c1-3-13-6-5-7-16-18(13)21-12-17(20(24)25-4-2)19(16)22-14-8-10-15(23)11-9-14/h5-12,23H,3-4H2,1-2H3,(H,21,22). The van der Waals surface area contributed by atoms with Gasteiger partial charge in [-0.15, -0.1) is 0 Å². The van der Waals surface area contributed by atoms with Crippen LogP contribution in [0.1, 0.15) is 29.8 Å². The summed E-state index contributed by atoms with van der Waals surface area (Å²) in [5.41, 5.74) is 3.78. The van der Waals surface area contributed by atoms with Gasteiger partial charge in [0.05, 0.1) is 17.8 Å². The zero-order valence-corrected chi connectivity index (χ0v) is 14.2. The summed E-state index contributed by atoms with van der Waals surface area (Å²) in [5.74, 6) is -0.232. The Hall–Kier alpha value is -3.08. The Morgan fingerprint density at radius 1 is 1.16 bits per heavy atom. The van der Waals surface area contributed by atoms with Gasteiger partial charge < -0.3 is 15.2 Å². The predicted octanol–water partition coefficient (Wildman–Crippen LogP) is 4.42. The Kier molecular flexibility index (Phi) is 4.84. The van der Waals surface area contributed by atoms with Gasteiger partial charge in [0.15, 0.2) is 0 Å². The average Bonchev–Trinajstić information content (AvgIpc) is 2.63. The highest BCUT2D eigenvalue weighted by Gasteiger charge is 2.18. The van der Waals surface area contributed by atoms with Crippen LogP contribution in [0.5, 0.6) is 5.75 Å². The lowest BCUT2D eigenvalue weighted by molar-refractivity contribution is 0.0527. The maximum Gasteiger partial charge on any atom is 0.341 e. The highest BCUT2D eigenvalue weighted by Crippen LogP contribution is 2.31. The molecule has 0 saturated heterocycles. The first-order valence-corrected chi connectivity index (χ1v) is 8.27. The van der Waals surface area contributed by atoms with Crippen LogP contribution in [0.2, 0.25) is 0 Å². The normalized spacial score (nSPS) is 10.6. The van der Waals surface area contributed by atoms with Crippen molar-refractivity contribution in [3.63, 3.8) is 0 Å². The van der Waals surface area contributed by atoms with E-state index in [1.54, 1.807) is 37.4 Å². The Balaban J connectivity index is 2.17. The van der Waals surface area contributed by atoms with Crippen LogP contribution in [0.4, 0.5) is 11.4 Å². The van der Waals surface area contributed by atoms with Gasteiger partial charge in [-0.3, -0.25) is 4.98 Å². The van der Waals surface area contributed by atoms with E-state index in [9.17, 15) is 9.90 Å². The molecule has 0 saturated carbocycles. The van der Waals surface area contributed by atoms with E-state index in [1.165, 1.54) is 0 Å². The molecule has 5 nitrogen and oxygen atoms in total. The van der Waals surface area contributed by atoms with E-state index in [0.29, 0.717) is 17.9 Å². The van der Waals surface area contributed by atoms with Gasteiger partial charge in [0.1, 0.15) is 11.3 Å². The summed E-state index contributed by atoms with van der Waals surface area (Å²) >= 11 is 0. The third-order valence-corrected chi connectivity index (χ3v) is 3.99. The number of benzene rings is 2. The molecule has 2 aromatic carbocycles. The molecule has 0 aliphatic heterocycles. The minimum Gasteiger partial charge on any atom is -0.508 e. The highest BCUT2D eigenvalue weighted by molar-refractivity contribution is 6.06. The number of aromatic nitrogens is 1. The number of phenols is 1. The van der Waals surface area contributed by atoms with Crippen molar-refractivity contribution in [3.05, 3.63) is 59.8 Å². The molecule has 3 aromatic rings. The van der Waals surface area contributed by atoms with E-state index in [2.05, 4.69) is 17.2 Å². The monoisotopic (exact) mass is 336 g/mol. The number of ether oxygens (including phenoxy) is 1. The number of anilines is 2. The number of esters is 1. The van der Waals surface area contributed by atoms with E-state index in [1.807, 2.05) is 18.2 Å². The molecule has 0 spiro atoms. The molecule has 3 rings (SSSR count). The van der Waals surface area contributed by atoms with E-state index in [-0.39, 0.29) is 5.75 Å². The molecule has 0 radical (unpaired) electrons. The van der Waals surface area contributed by atoms with Crippen molar-refractivity contribution in [2.24, 2.45) is 0 Å². The molecule has 0 aliphatic rings. The maximum absolute atomic E-state index is 12.4. The van der Waals surface area contributed by atoms with E-state index >= 15 is 0 Å². The highest BCUT2D eigenvalue weighted by atomic mass is 16.5. The number of hydrogen-bond acceptors (Lipinski definition) is 5. The van der Waals surface area contributed by atoms with Gasteiger partial charge >= 0.3 is 5.97 Å². The van der Waals surface area contributed by atoms with Crippen molar-refractivity contribution in [3.8, 4) is 5.75 Å². The smallest absolute Gasteiger partial charge is 0.341 e. The fourth-order valence-electron chi connectivity index (χ4n) is 2.76. The molecule has 0 aliphatic carbocycles. The van der Waals surface area contributed by atoms with Crippen LogP contribution in [-0.4, -0.2) is 22.7 Å². The van der Waals surface area contributed by atoms with Gasteiger partial charge in [0.25, 0.3) is 0 Å². The molecule has 2 N–H and O–H groups in total. The summed E-state index contributed by atoms with van der Waals surface area (Å²) in [4.78, 5) is 16.9. The van der Waals surface area contributed by atoms with Crippen LogP contribution in [0.25, 0.3) is 10.9 Å². The number of carbonyl (C=O) groups excluding carboxylic acids is 1. The third kappa shape index (κ3) is 3.40. The SMILES string of the molecule is CCOC(=O)c1cnc2c(CC)cccc2c1Nc1ccc(O)cc1. The zero-order valence-electron chi connectivity index (χ0n) is 14.2. The number of aryl methyl sites for hydroxylation is 1. The second-order valence-electron chi connectivity index (χ2n) is 5.61. The largest absolute Gasteiger partial charge is 0.508 e. The van der Waals surface area contributed by atoms with Crippen LogP contribution in [-0.2, 0) is 11.2 Å². The second kappa shape index (κ2) is 7.21. The number of nitrogens with one attached hydrogen (secondary N) is 1. The number of aromatic hydroxyl groups is 1. The first-order valence-electron chi connectivity index (χ1n) is 8.27. The van der Waals surface area contributed by atoms with Crippen molar-refractivity contribution in [1.29, 1.82) is 0 Å². The molecule has 0 atom stereocenters. The Morgan fingerprint density at radius 2 is 1.92 bits per heavy atom. The van der Waals surface area contributed by atoms with Crippen LogP contribution < -0.4 is 5.32 Å². The number of carbonyl (C=O) groups is 1. The molecule has 5 heteroatoms. The van der Waals surface area contributed by atoms with E-state index in [4.69, 9.17) is 4.74 Å². The van der Waals surface area contributed by atoms with Gasteiger partial charge in [-0.05, 0) is 43.2 Å². The van der Waals surface area contributed by atoms with Crippen molar-refractivity contribution in [1.82, 2.24) is 4.98 Å². The Labute approximate surface area is 146 Å². The Morgan fingerprint density at radius 3 is 2.60 bits per heavy atom. The van der Waals surface area contributed by atoms with Gasteiger partial charge in [-0.25, -0.2) is 4.79 Å². The molecule has 1 aromatic heterocycles.